The van der Waals surface area contributed by atoms with Crippen molar-refractivity contribution in [3.63, 3.8) is 0 Å². The van der Waals surface area contributed by atoms with E-state index in [4.69, 9.17) is 9.78 Å². The van der Waals surface area contributed by atoms with Crippen LogP contribution >= 0.6 is 0 Å². The standard InChI is InChI=1S/C13H10N4O/c1-8-13(9(2)18-16-8)11-7-15-17-4-3-10(6-14)5-12(11)17/h3-5,7H,1-2H3. The Bertz CT molecular complexity index is 756. The van der Waals surface area contributed by atoms with Crippen molar-refractivity contribution in [2.75, 3.05) is 0 Å². The van der Waals surface area contributed by atoms with Crippen molar-refractivity contribution in [1.29, 1.82) is 5.26 Å². The summed E-state index contributed by atoms with van der Waals surface area (Å²) in [7, 11) is 0. The Morgan fingerprint density at radius 3 is 2.89 bits per heavy atom. The summed E-state index contributed by atoms with van der Waals surface area (Å²) in [6.07, 6.45) is 3.54. The van der Waals surface area contributed by atoms with Crippen molar-refractivity contribution in [1.82, 2.24) is 14.8 Å². The zero-order valence-corrected chi connectivity index (χ0v) is 10.0. The lowest BCUT2D eigenvalue weighted by Gasteiger charge is -1.98. The Morgan fingerprint density at radius 2 is 2.22 bits per heavy atom. The van der Waals surface area contributed by atoms with Crippen LogP contribution in [-0.4, -0.2) is 14.8 Å². The van der Waals surface area contributed by atoms with E-state index in [1.54, 1.807) is 23.0 Å². The normalized spacial score (nSPS) is 10.7. The minimum absolute atomic E-state index is 0.607. The SMILES string of the molecule is Cc1noc(C)c1-c1cnn2ccc(C#N)cc12. The molecule has 0 atom stereocenters. The van der Waals surface area contributed by atoms with Crippen LogP contribution in [0.25, 0.3) is 16.6 Å². The Hall–Kier alpha value is -2.61. The van der Waals surface area contributed by atoms with E-state index in [9.17, 15) is 0 Å². The van der Waals surface area contributed by atoms with Gasteiger partial charge in [-0.3, -0.25) is 0 Å². The van der Waals surface area contributed by atoms with Gasteiger partial charge < -0.3 is 4.52 Å². The lowest BCUT2D eigenvalue weighted by Crippen LogP contribution is -1.87. The second-order valence-corrected chi connectivity index (χ2v) is 4.11. The van der Waals surface area contributed by atoms with Crippen molar-refractivity contribution in [2.45, 2.75) is 13.8 Å². The Kier molecular flexibility index (Phi) is 2.17. The molecule has 3 rings (SSSR count). The molecule has 0 spiro atoms. The van der Waals surface area contributed by atoms with Gasteiger partial charge in [-0.2, -0.15) is 10.4 Å². The first kappa shape index (κ1) is 10.5. The van der Waals surface area contributed by atoms with Gasteiger partial charge >= 0.3 is 0 Å². The van der Waals surface area contributed by atoms with Gasteiger partial charge in [0.1, 0.15) is 5.76 Å². The summed E-state index contributed by atoms with van der Waals surface area (Å²) in [6, 6.07) is 5.68. The molecule has 88 valence electrons. The number of aryl methyl sites for hydroxylation is 2. The van der Waals surface area contributed by atoms with Gasteiger partial charge in [0.2, 0.25) is 0 Å². The van der Waals surface area contributed by atoms with E-state index in [-0.39, 0.29) is 0 Å². The van der Waals surface area contributed by atoms with Crippen molar-refractivity contribution in [2.24, 2.45) is 0 Å². The first-order chi connectivity index (χ1) is 8.70. The summed E-state index contributed by atoms with van der Waals surface area (Å²) in [5, 5.41) is 17.2. The average Bonchev–Trinajstić information content (AvgIpc) is 2.92. The summed E-state index contributed by atoms with van der Waals surface area (Å²) in [6.45, 7) is 3.76. The highest BCUT2D eigenvalue weighted by Gasteiger charge is 2.16. The molecule has 0 fully saturated rings. The summed E-state index contributed by atoms with van der Waals surface area (Å²) in [4.78, 5) is 0. The van der Waals surface area contributed by atoms with E-state index < -0.39 is 0 Å². The van der Waals surface area contributed by atoms with Crippen molar-refractivity contribution >= 4 is 5.52 Å². The predicted molar refractivity (Wildman–Crippen MR) is 64.9 cm³/mol. The minimum Gasteiger partial charge on any atom is -0.361 e. The number of hydrogen-bond acceptors (Lipinski definition) is 4. The number of pyridine rings is 1. The molecular formula is C13H10N4O. The fourth-order valence-electron chi connectivity index (χ4n) is 2.11. The molecule has 3 aromatic heterocycles. The third-order valence-electron chi connectivity index (χ3n) is 2.95. The van der Waals surface area contributed by atoms with Gasteiger partial charge in [0, 0.05) is 11.8 Å². The molecule has 0 bridgehead atoms. The second-order valence-electron chi connectivity index (χ2n) is 4.11. The highest BCUT2D eigenvalue weighted by atomic mass is 16.5. The molecule has 5 heteroatoms. The van der Waals surface area contributed by atoms with E-state index in [0.29, 0.717) is 5.56 Å². The van der Waals surface area contributed by atoms with Crippen molar-refractivity contribution in [3.8, 4) is 17.2 Å². The maximum Gasteiger partial charge on any atom is 0.141 e. The van der Waals surface area contributed by atoms with Gasteiger partial charge in [0.15, 0.2) is 0 Å². The maximum atomic E-state index is 8.95. The number of fused-ring (bicyclic) bond motifs is 1. The summed E-state index contributed by atoms with van der Waals surface area (Å²) in [5.74, 6) is 0.754. The zero-order valence-electron chi connectivity index (χ0n) is 10.0. The van der Waals surface area contributed by atoms with Crippen LogP contribution in [0.1, 0.15) is 17.0 Å². The molecule has 0 N–H and O–H groups in total. The molecule has 0 saturated carbocycles. The second kappa shape index (κ2) is 3.70. The fourth-order valence-corrected chi connectivity index (χ4v) is 2.11. The number of nitrogens with zero attached hydrogens (tertiary/aromatic N) is 4. The third-order valence-corrected chi connectivity index (χ3v) is 2.95. The summed E-state index contributed by atoms with van der Waals surface area (Å²) >= 11 is 0. The zero-order chi connectivity index (χ0) is 12.7. The number of aromatic nitrogens is 3. The van der Waals surface area contributed by atoms with Crippen LogP contribution in [0, 0.1) is 25.2 Å². The van der Waals surface area contributed by atoms with E-state index in [1.807, 2.05) is 19.9 Å². The monoisotopic (exact) mass is 238 g/mol. The quantitative estimate of drug-likeness (QED) is 0.653. The predicted octanol–water partition coefficient (Wildman–Crippen LogP) is 2.48. The van der Waals surface area contributed by atoms with E-state index >= 15 is 0 Å². The maximum absolute atomic E-state index is 8.95. The topological polar surface area (TPSA) is 67.1 Å². The summed E-state index contributed by atoms with van der Waals surface area (Å²) < 4.78 is 6.91. The molecular weight excluding hydrogens is 228 g/mol. The first-order valence-corrected chi connectivity index (χ1v) is 5.51. The molecule has 0 amide bonds. The molecule has 0 aliphatic carbocycles. The fraction of sp³-hybridized carbons (Fsp3) is 0.154. The van der Waals surface area contributed by atoms with E-state index in [0.717, 1.165) is 28.1 Å². The molecule has 18 heavy (non-hydrogen) atoms. The number of hydrogen-bond donors (Lipinski definition) is 0. The van der Waals surface area contributed by atoms with Crippen LogP contribution in [0.5, 0.6) is 0 Å². The van der Waals surface area contributed by atoms with E-state index in [2.05, 4.69) is 16.3 Å². The Morgan fingerprint density at radius 1 is 1.39 bits per heavy atom. The van der Waals surface area contributed by atoms with Crippen LogP contribution in [0.3, 0.4) is 0 Å². The molecule has 0 aliphatic heterocycles. The highest BCUT2D eigenvalue weighted by Crippen LogP contribution is 2.30. The summed E-state index contributed by atoms with van der Waals surface area (Å²) in [5.41, 5.74) is 4.19. The molecule has 0 aliphatic rings. The largest absolute Gasteiger partial charge is 0.361 e. The lowest BCUT2D eigenvalue weighted by molar-refractivity contribution is 0.393. The van der Waals surface area contributed by atoms with Crippen LogP contribution in [0.15, 0.2) is 29.0 Å². The number of nitriles is 1. The molecule has 3 aromatic rings. The van der Waals surface area contributed by atoms with Crippen molar-refractivity contribution < 1.29 is 4.52 Å². The van der Waals surface area contributed by atoms with Gasteiger partial charge in [-0.05, 0) is 26.0 Å². The average molecular weight is 238 g/mol. The molecule has 0 aromatic carbocycles. The molecule has 3 heterocycles. The van der Waals surface area contributed by atoms with Gasteiger partial charge in [-0.15, -0.1) is 0 Å². The van der Waals surface area contributed by atoms with Gasteiger partial charge in [-0.25, -0.2) is 4.52 Å². The molecule has 0 radical (unpaired) electrons. The van der Waals surface area contributed by atoms with Gasteiger partial charge in [0.25, 0.3) is 0 Å². The third kappa shape index (κ3) is 1.39. The van der Waals surface area contributed by atoms with Crippen LogP contribution in [0.4, 0.5) is 0 Å². The smallest absolute Gasteiger partial charge is 0.141 e. The van der Waals surface area contributed by atoms with Gasteiger partial charge in [-0.1, -0.05) is 5.16 Å². The van der Waals surface area contributed by atoms with Gasteiger partial charge in [0.05, 0.1) is 34.6 Å². The van der Waals surface area contributed by atoms with Crippen LogP contribution < -0.4 is 0 Å². The molecule has 5 nitrogen and oxygen atoms in total. The Balaban J connectivity index is 2.34. The number of rotatable bonds is 1. The van der Waals surface area contributed by atoms with Crippen molar-refractivity contribution in [3.05, 3.63) is 41.5 Å². The minimum atomic E-state index is 0.607. The Labute approximate surface area is 103 Å². The first-order valence-electron chi connectivity index (χ1n) is 5.51. The molecule has 0 unspecified atom stereocenters. The highest BCUT2D eigenvalue weighted by molar-refractivity contribution is 5.82. The van der Waals surface area contributed by atoms with Crippen LogP contribution in [0.2, 0.25) is 0 Å². The lowest BCUT2D eigenvalue weighted by atomic mass is 10.1. The molecule has 0 saturated heterocycles. The van der Waals surface area contributed by atoms with E-state index in [1.165, 1.54) is 0 Å². The van der Waals surface area contributed by atoms with Crippen LogP contribution in [-0.2, 0) is 0 Å².